The van der Waals surface area contributed by atoms with E-state index in [0.29, 0.717) is 54.9 Å². The van der Waals surface area contributed by atoms with Crippen LogP contribution < -0.4 is 26.5 Å². The lowest BCUT2D eigenvalue weighted by molar-refractivity contribution is -0.130. The van der Waals surface area contributed by atoms with Gasteiger partial charge in [0.2, 0.25) is 11.9 Å². The van der Waals surface area contributed by atoms with Crippen LogP contribution in [0.1, 0.15) is 52.0 Å². The number of rotatable bonds is 9. The minimum absolute atomic E-state index is 0.186. The fourth-order valence-corrected chi connectivity index (χ4v) is 5.95. The second kappa shape index (κ2) is 14.4. The lowest BCUT2D eigenvalue weighted by Crippen LogP contribution is -2.50. The number of benzene rings is 2. The van der Waals surface area contributed by atoms with Crippen molar-refractivity contribution in [3.05, 3.63) is 70.9 Å². The number of amides is 3. The van der Waals surface area contributed by atoms with Crippen LogP contribution in [0.25, 0.3) is 22.2 Å². The summed E-state index contributed by atoms with van der Waals surface area (Å²) in [6.45, 7) is 5.88. The number of nitrogens with one attached hydrogen (secondary N) is 3. The molecular weight excluding hydrogens is 612 g/mol. The number of anilines is 2. The highest BCUT2D eigenvalue weighted by molar-refractivity contribution is 6.17. The van der Waals surface area contributed by atoms with Crippen molar-refractivity contribution < 1.29 is 19.1 Å². The largest absolute Gasteiger partial charge is 0.444 e. The summed E-state index contributed by atoms with van der Waals surface area (Å²) in [5.41, 5.74) is 9.48. The lowest BCUT2D eigenvalue weighted by Gasteiger charge is -2.32. The first-order valence-corrected chi connectivity index (χ1v) is 16.2. The van der Waals surface area contributed by atoms with Crippen LogP contribution in [0.15, 0.2) is 59.7 Å². The summed E-state index contributed by atoms with van der Waals surface area (Å²) < 4.78 is 5.34. The number of fused-ring (bicyclic) bond motifs is 1. The van der Waals surface area contributed by atoms with Crippen molar-refractivity contribution in [2.45, 2.75) is 64.5 Å². The Labute approximate surface area is 279 Å². The zero-order valence-corrected chi connectivity index (χ0v) is 28.1. The zero-order valence-electron chi connectivity index (χ0n) is 28.1. The molecule has 254 valence electrons. The van der Waals surface area contributed by atoms with Gasteiger partial charge in [-0.25, -0.2) is 24.5 Å². The summed E-state index contributed by atoms with van der Waals surface area (Å²) >= 11 is 0. The molecule has 1 atom stereocenters. The molecule has 2 heterocycles. The Morgan fingerprint density at radius 3 is 2.33 bits per heavy atom. The van der Waals surface area contributed by atoms with Gasteiger partial charge in [-0.2, -0.15) is 0 Å². The number of alkyl carbamates (subject to hydrolysis) is 1. The van der Waals surface area contributed by atoms with Gasteiger partial charge in [-0.3, -0.25) is 9.59 Å². The van der Waals surface area contributed by atoms with Gasteiger partial charge in [0.15, 0.2) is 0 Å². The van der Waals surface area contributed by atoms with Gasteiger partial charge in [0.05, 0.1) is 22.8 Å². The Morgan fingerprint density at radius 1 is 0.979 bits per heavy atom. The maximum absolute atomic E-state index is 14.1. The molecule has 4 aromatic rings. The molecule has 0 bridgehead atoms. The average molecular weight is 657 g/mol. The standard InChI is InChI=1S/C35H44N8O5/c1-35(2,3)48-34(47)39-18-21-9-11-23(12-10-21)30(44)43(26-13-14-28-29(17-26)41-33(46)40-28)31(45)27(36)16-22-7-6-8-24(15-22)25-19-37-32(38-20-25)42(4)5/h6-8,13-15,17,19-21,23,27H,9-12,16,18,36H2,1-5H3,(H,39,47)(H2,40,41,46)/t21?,23?,27-/m0/s1. The molecule has 0 radical (unpaired) electrons. The summed E-state index contributed by atoms with van der Waals surface area (Å²) in [4.78, 5) is 69.5. The Balaban J connectivity index is 1.32. The molecule has 13 heteroatoms. The molecule has 5 N–H and O–H groups in total. The summed E-state index contributed by atoms with van der Waals surface area (Å²) in [5, 5.41) is 2.83. The zero-order chi connectivity index (χ0) is 34.6. The normalized spacial score (nSPS) is 17.0. The van der Waals surface area contributed by atoms with Gasteiger partial charge in [0, 0.05) is 44.5 Å². The fraction of sp³-hybridized carbons (Fsp3) is 0.429. The molecule has 0 saturated heterocycles. The minimum atomic E-state index is -1.02. The van der Waals surface area contributed by atoms with Crippen molar-refractivity contribution in [2.24, 2.45) is 17.6 Å². The number of carbonyl (C=O) groups is 3. The van der Waals surface area contributed by atoms with Crippen molar-refractivity contribution in [2.75, 3.05) is 30.4 Å². The van der Waals surface area contributed by atoms with Gasteiger partial charge in [-0.05, 0) is 88.1 Å². The molecular formula is C35H44N8O5. The van der Waals surface area contributed by atoms with Gasteiger partial charge < -0.3 is 30.7 Å². The molecule has 5 rings (SSSR count). The van der Waals surface area contributed by atoms with Crippen LogP contribution in [-0.2, 0) is 20.7 Å². The number of imidazole rings is 1. The number of nitrogens with two attached hydrogens (primary N) is 1. The monoisotopic (exact) mass is 656 g/mol. The van der Waals surface area contributed by atoms with Gasteiger partial charge in [0.1, 0.15) is 5.60 Å². The molecule has 0 aliphatic heterocycles. The summed E-state index contributed by atoms with van der Waals surface area (Å²) in [6.07, 6.45) is 5.74. The molecule has 1 aliphatic carbocycles. The third kappa shape index (κ3) is 8.45. The second-order valence-corrected chi connectivity index (χ2v) is 13.6. The van der Waals surface area contributed by atoms with E-state index >= 15 is 0 Å². The van der Waals surface area contributed by atoms with Crippen molar-refractivity contribution >= 4 is 40.6 Å². The molecule has 48 heavy (non-hydrogen) atoms. The van der Waals surface area contributed by atoms with Crippen LogP contribution in [-0.4, -0.2) is 70.1 Å². The van der Waals surface area contributed by atoms with Crippen LogP contribution in [0.2, 0.25) is 0 Å². The van der Waals surface area contributed by atoms with Gasteiger partial charge >= 0.3 is 11.8 Å². The number of ether oxygens (including phenoxy) is 1. The Kier molecular flexibility index (Phi) is 10.3. The second-order valence-electron chi connectivity index (χ2n) is 13.6. The van der Waals surface area contributed by atoms with Crippen molar-refractivity contribution in [1.29, 1.82) is 0 Å². The van der Waals surface area contributed by atoms with Gasteiger partial charge in [0.25, 0.3) is 5.91 Å². The van der Waals surface area contributed by atoms with E-state index in [1.807, 2.05) is 64.0 Å². The molecule has 0 spiro atoms. The Morgan fingerprint density at radius 2 is 1.67 bits per heavy atom. The Bertz CT molecular complexity index is 1820. The van der Waals surface area contributed by atoms with Crippen LogP contribution in [0.4, 0.5) is 16.4 Å². The average Bonchev–Trinajstić information content (AvgIpc) is 3.42. The fourth-order valence-electron chi connectivity index (χ4n) is 5.95. The summed E-state index contributed by atoms with van der Waals surface area (Å²) in [7, 11) is 3.74. The van der Waals surface area contributed by atoms with Gasteiger partial charge in [-0.15, -0.1) is 0 Å². The summed E-state index contributed by atoms with van der Waals surface area (Å²) in [6, 6.07) is 11.6. The highest BCUT2D eigenvalue weighted by Crippen LogP contribution is 2.32. The van der Waals surface area contributed by atoms with E-state index in [2.05, 4.69) is 25.3 Å². The lowest BCUT2D eigenvalue weighted by atomic mass is 9.81. The smallest absolute Gasteiger partial charge is 0.407 e. The topological polar surface area (TPSA) is 179 Å². The van der Waals surface area contributed by atoms with E-state index in [-0.39, 0.29) is 23.9 Å². The van der Waals surface area contributed by atoms with Crippen LogP contribution >= 0.6 is 0 Å². The van der Waals surface area contributed by atoms with E-state index in [0.717, 1.165) is 16.7 Å². The third-order valence-corrected chi connectivity index (χ3v) is 8.40. The number of carbonyl (C=O) groups excluding carboxylic acids is 3. The number of aromatic nitrogens is 4. The quantitative estimate of drug-likeness (QED) is 0.206. The first-order valence-electron chi connectivity index (χ1n) is 16.2. The van der Waals surface area contributed by atoms with Crippen LogP contribution in [0.5, 0.6) is 0 Å². The van der Waals surface area contributed by atoms with Gasteiger partial charge in [-0.1, -0.05) is 24.3 Å². The molecule has 13 nitrogen and oxygen atoms in total. The highest BCUT2D eigenvalue weighted by Gasteiger charge is 2.35. The van der Waals surface area contributed by atoms with Crippen molar-refractivity contribution in [1.82, 2.24) is 25.3 Å². The van der Waals surface area contributed by atoms with E-state index in [1.165, 1.54) is 4.90 Å². The maximum Gasteiger partial charge on any atom is 0.407 e. The van der Waals surface area contributed by atoms with E-state index in [1.54, 1.807) is 30.6 Å². The highest BCUT2D eigenvalue weighted by atomic mass is 16.6. The number of imide groups is 1. The third-order valence-electron chi connectivity index (χ3n) is 8.40. The van der Waals surface area contributed by atoms with E-state index in [4.69, 9.17) is 10.5 Å². The molecule has 1 saturated carbocycles. The number of aromatic amines is 2. The first-order chi connectivity index (χ1) is 22.8. The molecule has 1 fully saturated rings. The van der Waals surface area contributed by atoms with Crippen molar-refractivity contribution in [3.8, 4) is 11.1 Å². The van der Waals surface area contributed by atoms with Crippen molar-refractivity contribution in [3.63, 3.8) is 0 Å². The molecule has 3 amide bonds. The SMILES string of the molecule is CN(C)c1ncc(-c2cccc(C[C@H](N)C(=O)N(C(=O)C3CCC(CNC(=O)OC(C)(C)C)CC3)c3ccc4[nH]c(=O)[nH]c4c3)c2)cn1. The van der Waals surface area contributed by atoms with Crippen LogP contribution in [0, 0.1) is 11.8 Å². The van der Waals surface area contributed by atoms with E-state index < -0.39 is 29.6 Å². The maximum atomic E-state index is 14.1. The number of H-pyrrole nitrogens is 2. The molecule has 0 unspecified atom stereocenters. The summed E-state index contributed by atoms with van der Waals surface area (Å²) in [5.74, 6) is -0.493. The molecule has 2 aromatic carbocycles. The van der Waals surface area contributed by atoms with Crippen LogP contribution in [0.3, 0.4) is 0 Å². The molecule has 1 aliphatic rings. The minimum Gasteiger partial charge on any atom is -0.444 e. The molecule has 2 aromatic heterocycles. The van der Waals surface area contributed by atoms with E-state index in [9.17, 15) is 19.2 Å². The predicted molar refractivity (Wildman–Crippen MR) is 185 cm³/mol. The number of hydrogen-bond donors (Lipinski definition) is 4. The Hall–Kier alpha value is -5.04. The predicted octanol–water partition coefficient (Wildman–Crippen LogP) is 4.14. The first kappa shape index (κ1) is 34.3. The number of nitrogens with zero attached hydrogens (tertiary/aromatic N) is 4. The number of hydrogen-bond acceptors (Lipinski definition) is 9.